The molecule has 0 amide bonds. The molecular formula is C15H16O4. The summed E-state index contributed by atoms with van der Waals surface area (Å²) in [4.78, 5) is 11.4. The van der Waals surface area contributed by atoms with Gasteiger partial charge in [-0.3, -0.25) is 0 Å². The second-order valence-electron chi connectivity index (χ2n) is 4.29. The van der Waals surface area contributed by atoms with Gasteiger partial charge in [0.05, 0.1) is 31.2 Å². The van der Waals surface area contributed by atoms with E-state index in [9.17, 15) is 9.90 Å². The van der Waals surface area contributed by atoms with Gasteiger partial charge in [0.1, 0.15) is 0 Å². The zero-order chi connectivity index (χ0) is 13.7. The van der Waals surface area contributed by atoms with Crippen molar-refractivity contribution in [3.05, 3.63) is 59.4 Å². The zero-order valence-corrected chi connectivity index (χ0v) is 10.7. The molecule has 1 aromatic rings. The maximum Gasteiger partial charge on any atom is 0.337 e. The minimum Gasteiger partial charge on any atom is -0.512 e. The number of carbonyl (C=O) groups is 1. The second-order valence-corrected chi connectivity index (χ2v) is 4.29. The van der Waals surface area contributed by atoms with E-state index in [2.05, 4.69) is 4.74 Å². The maximum atomic E-state index is 11.4. The number of benzene rings is 1. The highest BCUT2D eigenvalue weighted by molar-refractivity contribution is 5.91. The van der Waals surface area contributed by atoms with Crippen LogP contribution in [0.2, 0.25) is 0 Å². The number of aliphatic hydroxyl groups excluding tert-OH is 1. The van der Waals surface area contributed by atoms with E-state index >= 15 is 0 Å². The lowest BCUT2D eigenvalue weighted by Crippen LogP contribution is -2.18. The van der Waals surface area contributed by atoms with Crippen LogP contribution in [0.1, 0.15) is 12.0 Å². The first-order chi connectivity index (χ1) is 9.19. The SMILES string of the molecule is COC(=O)C1=CC(OCc2ccccc2)CC(O)=C1. The molecule has 1 atom stereocenters. The Morgan fingerprint density at radius 2 is 2.11 bits per heavy atom. The highest BCUT2D eigenvalue weighted by Gasteiger charge is 2.19. The van der Waals surface area contributed by atoms with Gasteiger partial charge in [0.25, 0.3) is 0 Å². The third kappa shape index (κ3) is 3.69. The Labute approximate surface area is 112 Å². The van der Waals surface area contributed by atoms with Crippen molar-refractivity contribution in [2.75, 3.05) is 7.11 Å². The summed E-state index contributed by atoms with van der Waals surface area (Å²) >= 11 is 0. The van der Waals surface area contributed by atoms with E-state index in [4.69, 9.17) is 4.74 Å². The van der Waals surface area contributed by atoms with Crippen molar-refractivity contribution in [1.29, 1.82) is 0 Å². The minimum atomic E-state index is -0.473. The molecule has 1 aliphatic carbocycles. The predicted octanol–water partition coefficient (Wildman–Crippen LogP) is 2.52. The number of methoxy groups -OCH3 is 1. The van der Waals surface area contributed by atoms with Gasteiger partial charge in [-0.1, -0.05) is 30.3 Å². The van der Waals surface area contributed by atoms with Crippen LogP contribution in [-0.2, 0) is 20.9 Å². The lowest BCUT2D eigenvalue weighted by atomic mass is 10.0. The summed E-state index contributed by atoms with van der Waals surface area (Å²) in [6.07, 6.45) is 3.13. The highest BCUT2D eigenvalue weighted by atomic mass is 16.5. The highest BCUT2D eigenvalue weighted by Crippen LogP contribution is 2.20. The number of ether oxygens (including phenoxy) is 2. The first-order valence-corrected chi connectivity index (χ1v) is 6.04. The van der Waals surface area contributed by atoms with Gasteiger partial charge in [0, 0.05) is 6.42 Å². The lowest BCUT2D eigenvalue weighted by molar-refractivity contribution is -0.135. The predicted molar refractivity (Wildman–Crippen MR) is 70.4 cm³/mol. The van der Waals surface area contributed by atoms with Crippen molar-refractivity contribution < 1.29 is 19.4 Å². The monoisotopic (exact) mass is 260 g/mol. The molecular weight excluding hydrogens is 244 g/mol. The Balaban J connectivity index is 1.99. The smallest absolute Gasteiger partial charge is 0.337 e. The fraction of sp³-hybridized carbons (Fsp3) is 0.267. The largest absolute Gasteiger partial charge is 0.512 e. The van der Waals surface area contributed by atoms with E-state index in [1.807, 2.05) is 30.3 Å². The average Bonchev–Trinajstić information content (AvgIpc) is 2.45. The zero-order valence-electron chi connectivity index (χ0n) is 10.7. The summed E-state index contributed by atoms with van der Waals surface area (Å²) in [7, 11) is 1.31. The molecule has 1 N–H and O–H groups in total. The van der Waals surface area contributed by atoms with Crippen LogP contribution in [0.5, 0.6) is 0 Å². The number of aliphatic hydroxyl groups is 1. The van der Waals surface area contributed by atoms with Crippen molar-refractivity contribution in [3.63, 3.8) is 0 Å². The van der Waals surface area contributed by atoms with E-state index < -0.39 is 5.97 Å². The van der Waals surface area contributed by atoms with E-state index in [0.717, 1.165) is 5.56 Å². The van der Waals surface area contributed by atoms with E-state index in [0.29, 0.717) is 18.6 Å². The molecule has 0 bridgehead atoms. The summed E-state index contributed by atoms with van der Waals surface area (Å²) in [5.41, 5.74) is 1.37. The summed E-state index contributed by atoms with van der Waals surface area (Å²) < 4.78 is 10.3. The van der Waals surface area contributed by atoms with Crippen LogP contribution in [0.25, 0.3) is 0 Å². The summed E-state index contributed by atoms with van der Waals surface area (Å²) in [6.45, 7) is 0.434. The fourth-order valence-corrected chi connectivity index (χ4v) is 1.88. The quantitative estimate of drug-likeness (QED) is 0.845. The topological polar surface area (TPSA) is 55.8 Å². The normalized spacial score (nSPS) is 18.5. The molecule has 2 rings (SSSR count). The van der Waals surface area contributed by atoms with Crippen LogP contribution in [-0.4, -0.2) is 24.3 Å². The maximum absolute atomic E-state index is 11.4. The van der Waals surface area contributed by atoms with Crippen LogP contribution >= 0.6 is 0 Å². The number of hydrogen-bond donors (Lipinski definition) is 1. The summed E-state index contributed by atoms with van der Waals surface area (Å²) in [5.74, 6) is -0.347. The summed E-state index contributed by atoms with van der Waals surface area (Å²) in [5, 5.41) is 9.62. The third-order valence-electron chi connectivity index (χ3n) is 2.83. The minimum absolute atomic E-state index is 0.126. The van der Waals surface area contributed by atoms with Crippen LogP contribution in [0.3, 0.4) is 0 Å². The molecule has 0 radical (unpaired) electrons. The molecule has 1 unspecified atom stereocenters. The van der Waals surface area contributed by atoms with Crippen molar-refractivity contribution in [1.82, 2.24) is 0 Å². The molecule has 4 nitrogen and oxygen atoms in total. The first kappa shape index (κ1) is 13.4. The standard InChI is InChI=1S/C15H16O4/c1-18-15(17)12-7-13(16)9-14(8-12)19-10-11-5-3-2-4-6-11/h2-8,14,16H,9-10H2,1H3. The Morgan fingerprint density at radius 3 is 2.79 bits per heavy atom. The molecule has 19 heavy (non-hydrogen) atoms. The van der Waals surface area contributed by atoms with Gasteiger partial charge in [0.2, 0.25) is 0 Å². The molecule has 0 spiro atoms. The molecule has 1 aliphatic rings. The van der Waals surface area contributed by atoms with Crippen LogP contribution in [0, 0.1) is 0 Å². The lowest BCUT2D eigenvalue weighted by Gasteiger charge is -2.18. The van der Waals surface area contributed by atoms with E-state index in [1.165, 1.54) is 13.2 Å². The second kappa shape index (κ2) is 6.20. The summed E-state index contributed by atoms with van der Waals surface area (Å²) in [6, 6.07) is 9.74. The third-order valence-corrected chi connectivity index (χ3v) is 2.83. The van der Waals surface area contributed by atoms with Crippen LogP contribution in [0.4, 0.5) is 0 Å². The molecule has 0 saturated heterocycles. The molecule has 0 aliphatic heterocycles. The number of rotatable bonds is 4. The van der Waals surface area contributed by atoms with E-state index in [1.54, 1.807) is 6.08 Å². The number of carbonyl (C=O) groups excluding carboxylic acids is 1. The van der Waals surface area contributed by atoms with Crippen molar-refractivity contribution in [3.8, 4) is 0 Å². The van der Waals surface area contributed by atoms with Crippen molar-refractivity contribution >= 4 is 5.97 Å². The van der Waals surface area contributed by atoms with Crippen LogP contribution in [0.15, 0.2) is 53.8 Å². The Morgan fingerprint density at radius 1 is 1.37 bits per heavy atom. The molecule has 0 heterocycles. The Bertz CT molecular complexity index is 502. The number of esters is 1. The first-order valence-electron chi connectivity index (χ1n) is 6.04. The molecule has 1 aromatic carbocycles. The Kier molecular flexibility index (Phi) is 4.36. The van der Waals surface area contributed by atoms with Crippen molar-refractivity contribution in [2.45, 2.75) is 19.1 Å². The molecule has 0 aromatic heterocycles. The van der Waals surface area contributed by atoms with Gasteiger partial charge < -0.3 is 14.6 Å². The van der Waals surface area contributed by atoms with Gasteiger partial charge in [-0.05, 0) is 17.7 Å². The average molecular weight is 260 g/mol. The van der Waals surface area contributed by atoms with Crippen LogP contribution < -0.4 is 0 Å². The molecule has 100 valence electrons. The fourth-order valence-electron chi connectivity index (χ4n) is 1.88. The van der Waals surface area contributed by atoms with Gasteiger partial charge in [-0.25, -0.2) is 4.79 Å². The van der Waals surface area contributed by atoms with Gasteiger partial charge in [-0.15, -0.1) is 0 Å². The van der Waals surface area contributed by atoms with Gasteiger partial charge in [0.15, 0.2) is 0 Å². The van der Waals surface area contributed by atoms with Gasteiger partial charge >= 0.3 is 5.97 Å². The Hall–Kier alpha value is -2.07. The van der Waals surface area contributed by atoms with E-state index in [-0.39, 0.29) is 11.9 Å². The molecule has 0 fully saturated rings. The van der Waals surface area contributed by atoms with Crippen molar-refractivity contribution in [2.24, 2.45) is 0 Å². The van der Waals surface area contributed by atoms with Gasteiger partial charge in [-0.2, -0.15) is 0 Å². The molecule has 0 saturated carbocycles. The number of hydrogen-bond acceptors (Lipinski definition) is 4. The molecule has 4 heteroatoms.